The van der Waals surface area contributed by atoms with Gasteiger partial charge in [-0.25, -0.2) is 4.79 Å². The Morgan fingerprint density at radius 1 is 1.35 bits per heavy atom. The molecule has 0 radical (unpaired) electrons. The largest absolute Gasteiger partial charge is 0.480 e. The minimum absolute atomic E-state index is 0.0517. The van der Waals surface area contributed by atoms with Gasteiger partial charge in [0.1, 0.15) is 12.4 Å². The van der Waals surface area contributed by atoms with Gasteiger partial charge in [0.2, 0.25) is 5.91 Å². The van der Waals surface area contributed by atoms with Gasteiger partial charge in [0.25, 0.3) is 0 Å². The number of esters is 1. The number of carbonyl (C=O) groups excluding carboxylic acids is 2. The van der Waals surface area contributed by atoms with Crippen LogP contribution in [0.15, 0.2) is 30.9 Å². The number of halogens is 2. The summed E-state index contributed by atoms with van der Waals surface area (Å²) in [6.45, 7) is 3.27. The molecule has 1 aromatic carbocycles. The zero-order chi connectivity index (χ0) is 15.0. The van der Waals surface area contributed by atoms with E-state index in [2.05, 4.69) is 11.9 Å². The lowest BCUT2D eigenvalue weighted by Crippen LogP contribution is -2.27. The van der Waals surface area contributed by atoms with Gasteiger partial charge in [-0.3, -0.25) is 4.79 Å². The Labute approximate surface area is 126 Å². The zero-order valence-electron chi connectivity index (χ0n) is 10.5. The van der Waals surface area contributed by atoms with Gasteiger partial charge >= 0.3 is 5.97 Å². The molecule has 0 bridgehead atoms. The van der Waals surface area contributed by atoms with E-state index in [1.807, 2.05) is 0 Å². The standard InChI is InChI=1S/C13H13Cl2NO4/c1-2-12(17)16-5-6-19-13(18)8-20-11-4-3-9(14)7-10(11)15/h2-4,7H,1,5-6,8H2,(H,16,17). The predicted molar refractivity (Wildman–Crippen MR) is 76.1 cm³/mol. The maximum atomic E-state index is 11.4. The van der Waals surface area contributed by atoms with E-state index in [9.17, 15) is 9.59 Å². The molecule has 0 spiro atoms. The van der Waals surface area contributed by atoms with Crippen LogP contribution in [0.4, 0.5) is 0 Å². The van der Waals surface area contributed by atoms with E-state index < -0.39 is 5.97 Å². The van der Waals surface area contributed by atoms with Crippen molar-refractivity contribution in [1.82, 2.24) is 5.32 Å². The minimum atomic E-state index is -0.566. The van der Waals surface area contributed by atoms with Crippen LogP contribution in [0.3, 0.4) is 0 Å². The number of hydrogen-bond acceptors (Lipinski definition) is 4. The molecule has 1 rings (SSSR count). The second-order valence-electron chi connectivity index (χ2n) is 3.58. The summed E-state index contributed by atoms with van der Waals surface area (Å²) in [5, 5.41) is 3.25. The third kappa shape index (κ3) is 5.95. The molecule has 7 heteroatoms. The molecule has 0 aliphatic heterocycles. The molecule has 5 nitrogen and oxygen atoms in total. The fourth-order valence-electron chi connectivity index (χ4n) is 1.18. The van der Waals surface area contributed by atoms with Crippen molar-refractivity contribution in [3.63, 3.8) is 0 Å². The van der Waals surface area contributed by atoms with Crippen molar-refractivity contribution in [3.8, 4) is 5.75 Å². The molecular weight excluding hydrogens is 305 g/mol. The first-order valence-corrected chi connectivity index (χ1v) is 6.42. The zero-order valence-corrected chi connectivity index (χ0v) is 12.0. The van der Waals surface area contributed by atoms with Crippen LogP contribution in [0.5, 0.6) is 5.75 Å². The smallest absolute Gasteiger partial charge is 0.344 e. The van der Waals surface area contributed by atoms with E-state index in [0.29, 0.717) is 15.8 Å². The minimum Gasteiger partial charge on any atom is -0.480 e. The van der Waals surface area contributed by atoms with Crippen molar-refractivity contribution in [1.29, 1.82) is 0 Å². The Kier molecular flexibility index (Phi) is 6.90. The van der Waals surface area contributed by atoms with Crippen LogP contribution in [0.2, 0.25) is 10.0 Å². The lowest BCUT2D eigenvalue weighted by atomic mass is 10.3. The van der Waals surface area contributed by atoms with Crippen LogP contribution in [-0.4, -0.2) is 31.6 Å². The summed E-state index contributed by atoms with van der Waals surface area (Å²) in [7, 11) is 0. The second kappa shape index (κ2) is 8.45. The second-order valence-corrected chi connectivity index (χ2v) is 4.42. The first-order chi connectivity index (χ1) is 9.52. The normalized spacial score (nSPS) is 9.70. The van der Waals surface area contributed by atoms with Gasteiger partial charge in [-0.2, -0.15) is 0 Å². The van der Waals surface area contributed by atoms with Crippen molar-refractivity contribution < 1.29 is 19.1 Å². The molecule has 0 saturated carbocycles. The van der Waals surface area contributed by atoms with Gasteiger partial charge in [-0.15, -0.1) is 0 Å². The molecule has 20 heavy (non-hydrogen) atoms. The van der Waals surface area contributed by atoms with E-state index >= 15 is 0 Å². The summed E-state index contributed by atoms with van der Waals surface area (Å²) < 4.78 is 10.0. The molecule has 0 fully saturated rings. The first-order valence-electron chi connectivity index (χ1n) is 5.66. The van der Waals surface area contributed by atoms with E-state index in [4.69, 9.17) is 32.7 Å². The van der Waals surface area contributed by atoms with Crippen LogP contribution < -0.4 is 10.1 Å². The van der Waals surface area contributed by atoms with Gasteiger partial charge < -0.3 is 14.8 Å². The highest BCUT2D eigenvalue weighted by Gasteiger charge is 2.07. The number of hydrogen-bond donors (Lipinski definition) is 1. The fraction of sp³-hybridized carbons (Fsp3) is 0.231. The number of rotatable bonds is 7. The van der Waals surface area contributed by atoms with E-state index in [0.717, 1.165) is 6.08 Å². The number of ether oxygens (including phenoxy) is 2. The van der Waals surface area contributed by atoms with Crippen LogP contribution in [0, 0.1) is 0 Å². The van der Waals surface area contributed by atoms with Gasteiger partial charge in [-0.1, -0.05) is 29.8 Å². The van der Waals surface area contributed by atoms with Crippen molar-refractivity contribution in [3.05, 3.63) is 40.9 Å². The van der Waals surface area contributed by atoms with Crippen LogP contribution in [0.25, 0.3) is 0 Å². The van der Waals surface area contributed by atoms with Crippen LogP contribution in [0.1, 0.15) is 0 Å². The topological polar surface area (TPSA) is 64.6 Å². The Bertz CT molecular complexity index is 505. The summed E-state index contributed by atoms with van der Waals surface area (Å²) in [5.74, 6) is -0.554. The Morgan fingerprint density at radius 2 is 2.10 bits per heavy atom. The highest BCUT2D eigenvalue weighted by molar-refractivity contribution is 6.35. The van der Waals surface area contributed by atoms with E-state index in [-0.39, 0.29) is 25.7 Å². The number of nitrogens with one attached hydrogen (secondary N) is 1. The third-order valence-electron chi connectivity index (χ3n) is 2.09. The number of carbonyl (C=O) groups is 2. The Hall–Kier alpha value is -1.72. The summed E-state index contributed by atoms with van der Waals surface area (Å²) >= 11 is 11.6. The van der Waals surface area contributed by atoms with Gasteiger partial charge in [0.05, 0.1) is 11.6 Å². The molecular formula is C13H13Cl2NO4. The van der Waals surface area contributed by atoms with Crippen molar-refractivity contribution in [2.45, 2.75) is 0 Å². The summed E-state index contributed by atoms with van der Waals surface area (Å²) in [6, 6.07) is 4.66. The quantitative estimate of drug-likeness (QED) is 0.476. The van der Waals surface area contributed by atoms with Crippen LogP contribution in [-0.2, 0) is 14.3 Å². The highest BCUT2D eigenvalue weighted by atomic mass is 35.5. The molecule has 1 amide bonds. The fourth-order valence-corrected chi connectivity index (χ4v) is 1.64. The van der Waals surface area contributed by atoms with Gasteiger partial charge in [0, 0.05) is 5.02 Å². The van der Waals surface area contributed by atoms with E-state index in [1.54, 1.807) is 12.1 Å². The number of benzene rings is 1. The molecule has 0 unspecified atom stereocenters. The molecule has 0 aromatic heterocycles. The highest BCUT2D eigenvalue weighted by Crippen LogP contribution is 2.27. The maximum absolute atomic E-state index is 11.4. The summed E-state index contributed by atoms with van der Waals surface area (Å²) in [6.07, 6.45) is 1.13. The molecule has 1 aromatic rings. The molecule has 0 aliphatic carbocycles. The van der Waals surface area contributed by atoms with Crippen LogP contribution >= 0.6 is 23.2 Å². The SMILES string of the molecule is C=CC(=O)NCCOC(=O)COc1ccc(Cl)cc1Cl. The van der Waals surface area contributed by atoms with Crippen molar-refractivity contribution in [2.75, 3.05) is 19.8 Å². The van der Waals surface area contributed by atoms with Gasteiger partial charge in [0.15, 0.2) is 6.61 Å². The molecule has 1 N–H and O–H groups in total. The molecule has 108 valence electrons. The van der Waals surface area contributed by atoms with Crippen molar-refractivity contribution >= 4 is 35.1 Å². The monoisotopic (exact) mass is 317 g/mol. The average molecular weight is 318 g/mol. The molecule has 0 saturated heterocycles. The lowest BCUT2D eigenvalue weighted by molar-refractivity contribution is -0.146. The molecule has 0 heterocycles. The van der Waals surface area contributed by atoms with Gasteiger partial charge in [-0.05, 0) is 24.3 Å². The number of amides is 1. The summed E-state index contributed by atoms with van der Waals surface area (Å²) in [4.78, 5) is 22.2. The molecule has 0 aliphatic rings. The lowest BCUT2D eigenvalue weighted by Gasteiger charge is -2.08. The maximum Gasteiger partial charge on any atom is 0.344 e. The Balaban J connectivity index is 2.26. The van der Waals surface area contributed by atoms with Crippen molar-refractivity contribution in [2.24, 2.45) is 0 Å². The predicted octanol–water partition coefficient (Wildman–Crippen LogP) is 2.22. The summed E-state index contributed by atoms with van der Waals surface area (Å²) in [5.41, 5.74) is 0. The van der Waals surface area contributed by atoms with E-state index in [1.165, 1.54) is 6.07 Å². The Morgan fingerprint density at radius 3 is 2.75 bits per heavy atom. The molecule has 0 atom stereocenters. The first kappa shape index (κ1) is 16.3. The average Bonchev–Trinajstić information content (AvgIpc) is 2.42. The third-order valence-corrected chi connectivity index (χ3v) is 2.62.